The molecule has 0 unspecified atom stereocenters. The van der Waals surface area contributed by atoms with E-state index in [0.29, 0.717) is 18.8 Å². The molecule has 26 heavy (non-hydrogen) atoms. The molecule has 0 aliphatic carbocycles. The van der Waals surface area contributed by atoms with E-state index >= 15 is 0 Å². The number of primary amides is 1. The average Bonchev–Trinajstić information content (AvgIpc) is 2.61. The number of amides is 1. The molecule has 0 saturated carbocycles. The van der Waals surface area contributed by atoms with Crippen LogP contribution >= 0.6 is 0 Å². The summed E-state index contributed by atoms with van der Waals surface area (Å²) in [6.45, 7) is 6.71. The highest BCUT2D eigenvalue weighted by Gasteiger charge is 2.20. The van der Waals surface area contributed by atoms with Gasteiger partial charge in [-0.3, -0.25) is 4.79 Å². The summed E-state index contributed by atoms with van der Waals surface area (Å²) < 4.78 is 0. The van der Waals surface area contributed by atoms with Crippen LogP contribution in [0.1, 0.15) is 42.5 Å². The van der Waals surface area contributed by atoms with Gasteiger partial charge in [0.25, 0.3) is 5.91 Å². The van der Waals surface area contributed by atoms with Crippen molar-refractivity contribution in [1.29, 1.82) is 0 Å². The number of nitrogens with two attached hydrogens (primary N) is 2. The fourth-order valence-electron chi connectivity index (χ4n) is 2.59. The summed E-state index contributed by atoms with van der Waals surface area (Å²) in [7, 11) is 1.96. The van der Waals surface area contributed by atoms with Crippen molar-refractivity contribution in [2.24, 2.45) is 11.5 Å². The minimum absolute atomic E-state index is 0.145. The van der Waals surface area contributed by atoms with Gasteiger partial charge in [0.05, 0.1) is 5.69 Å². The number of carbonyl (C=O) groups excluding carboxylic acids is 1. The molecule has 0 aliphatic rings. The van der Waals surface area contributed by atoms with Crippen LogP contribution in [0.3, 0.4) is 0 Å². The van der Waals surface area contributed by atoms with E-state index < -0.39 is 5.91 Å². The van der Waals surface area contributed by atoms with Gasteiger partial charge in [-0.1, -0.05) is 19.1 Å². The molecule has 1 heterocycles. The van der Waals surface area contributed by atoms with Gasteiger partial charge in [0.1, 0.15) is 0 Å². The molecule has 1 aromatic carbocycles. The van der Waals surface area contributed by atoms with Crippen molar-refractivity contribution in [2.75, 3.05) is 23.8 Å². The largest absolute Gasteiger partial charge is 0.364 e. The lowest BCUT2D eigenvalue weighted by molar-refractivity contribution is 0.0996. The molecule has 0 atom stereocenters. The van der Waals surface area contributed by atoms with Crippen molar-refractivity contribution in [3.8, 4) is 0 Å². The van der Waals surface area contributed by atoms with Gasteiger partial charge >= 0.3 is 0 Å². The zero-order chi connectivity index (χ0) is 19.3. The quantitative estimate of drug-likeness (QED) is 0.669. The average molecular weight is 356 g/mol. The molecule has 2 rings (SSSR count). The molecule has 0 fully saturated rings. The van der Waals surface area contributed by atoms with Crippen molar-refractivity contribution >= 4 is 23.2 Å². The van der Waals surface area contributed by atoms with Crippen LogP contribution in [0.5, 0.6) is 0 Å². The Hall–Kier alpha value is -2.67. The second kappa shape index (κ2) is 8.62. The molecule has 0 aliphatic heterocycles. The van der Waals surface area contributed by atoms with Gasteiger partial charge in [-0.05, 0) is 50.9 Å². The number of aromatic nitrogens is 2. The van der Waals surface area contributed by atoms with Gasteiger partial charge in [0, 0.05) is 18.8 Å². The van der Waals surface area contributed by atoms with E-state index in [1.54, 1.807) is 0 Å². The number of anilines is 3. The van der Waals surface area contributed by atoms with Crippen molar-refractivity contribution in [2.45, 2.75) is 39.7 Å². The molecule has 2 aromatic rings. The minimum Gasteiger partial charge on any atom is -0.364 e. The molecular weight excluding hydrogens is 328 g/mol. The van der Waals surface area contributed by atoms with Gasteiger partial charge in [0.2, 0.25) is 0 Å². The Morgan fingerprint density at radius 2 is 2.04 bits per heavy atom. The summed E-state index contributed by atoms with van der Waals surface area (Å²) in [5.41, 5.74) is 14.0. The summed E-state index contributed by atoms with van der Waals surface area (Å²) in [4.78, 5) is 23.1. The van der Waals surface area contributed by atoms with Crippen LogP contribution in [0.15, 0.2) is 24.3 Å². The Balaban J connectivity index is 2.50. The van der Waals surface area contributed by atoms with Crippen LogP contribution in [0.25, 0.3) is 0 Å². The summed E-state index contributed by atoms with van der Waals surface area (Å²) in [5.74, 6) is 0.502. The maximum atomic E-state index is 11.9. The Kier molecular flexibility index (Phi) is 6.52. The number of aryl methyl sites for hydroxylation is 1. The minimum atomic E-state index is -0.605. The third kappa shape index (κ3) is 4.49. The predicted molar refractivity (Wildman–Crippen MR) is 106 cm³/mol. The molecule has 0 bridgehead atoms. The van der Waals surface area contributed by atoms with Gasteiger partial charge in [-0.25, -0.2) is 9.97 Å². The van der Waals surface area contributed by atoms with Gasteiger partial charge in [0.15, 0.2) is 17.3 Å². The first-order valence-corrected chi connectivity index (χ1v) is 8.86. The number of hydrogen-bond acceptors (Lipinski definition) is 6. The van der Waals surface area contributed by atoms with Crippen LogP contribution in [-0.4, -0.2) is 35.5 Å². The van der Waals surface area contributed by atoms with Crippen molar-refractivity contribution in [1.82, 2.24) is 9.97 Å². The van der Waals surface area contributed by atoms with E-state index in [1.807, 2.05) is 43.1 Å². The number of nitrogens with zero attached hydrogens (tertiary/aromatic N) is 3. The zero-order valence-corrected chi connectivity index (χ0v) is 15.9. The molecule has 0 radical (unpaired) electrons. The summed E-state index contributed by atoms with van der Waals surface area (Å²) in [6, 6.07) is 8.09. The third-order valence-corrected chi connectivity index (χ3v) is 4.25. The molecule has 1 aromatic heterocycles. The number of carbonyl (C=O) groups is 1. The SMILES string of the molecule is CCc1nc(C(N)=O)c(Nc2cccc(CCN)c2)nc1N(C)C(C)C. The van der Waals surface area contributed by atoms with Gasteiger partial charge < -0.3 is 21.7 Å². The second-order valence-electron chi connectivity index (χ2n) is 6.48. The molecule has 7 nitrogen and oxygen atoms in total. The van der Waals surface area contributed by atoms with Gasteiger partial charge in [-0.2, -0.15) is 0 Å². The zero-order valence-electron chi connectivity index (χ0n) is 15.9. The Labute approximate surface area is 154 Å². The highest BCUT2D eigenvalue weighted by Crippen LogP contribution is 2.25. The summed E-state index contributed by atoms with van der Waals surface area (Å²) >= 11 is 0. The fraction of sp³-hybridized carbons (Fsp3) is 0.421. The van der Waals surface area contributed by atoms with Crippen LogP contribution in [0, 0.1) is 0 Å². The lowest BCUT2D eigenvalue weighted by Crippen LogP contribution is -2.29. The Morgan fingerprint density at radius 1 is 1.31 bits per heavy atom. The summed E-state index contributed by atoms with van der Waals surface area (Å²) in [5, 5.41) is 3.20. The van der Waals surface area contributed by atoms with Crippen molar-refractivity contribution < 1.29 is 4.79 Å². The smallest absolute Gasteiger partial charge is 0.271 e. The van der Waals surface area contributed by atoms with Crippen LogP contribution in [0.4, 0.5) is 17.3 Å². The van der Waals surface area contributed by atoms with E-state index in [9.17, 15) is 4.79 Å². The lowest BCUT2D eigenvalue weighted by atomic mass is 10.1. The lowest BCUT2D eigenvalue weighted by Gasteiger charge is -2.25. The molecular formula is C19H28N6O. The van der Waals surface area contributed by atoms with Crippen LogP contribution in [0.2, 0.25) is 0 Å². The highest BCUT2D eigenvalue weighted by molar-refractivity contribution is 5.96. The Morgan fingerprint density at radius 3 is 2.62 bits per heavy atom. The molecule has 1 amide bonds. The number of rotatable bonds is 8. The van der Waals surface area contributed by atoms with E-state index in [0.717, 1.165) is 29.2 Å². The summed E-state index contributed by atoms with van der Waals surface area (Å²) in [6.07, 6.45) is 1.44. The molecule has 140 valence electrons. The fourth-order valence-corrected chi connectivity index (χ4v) is 2.59. The number of benzene rings is 1. The van der Waals surface area contributed by atoms with Gasteiger partial charge in [-0.15, -0.1) is 0 Å². The molecule has 5 N–H and O–H groups in total. The number of nitrogens with one attached hydrogen (secondary N) is 1. The monoisotopic (exact) mass is 356 g/mol. The maximum absolute atomic E-state index is 11.9. The standard InChI is InChI=1S/C19H28N6O/c1-5-15-19(25(4)12(2)3)24-18(16(23-15)17(21)26)22-14-8-6-7-13(11-14)9-10-20/h6-8,11-12H,5,9-10,20H2,1-4H3,(H2,21,26)(H,22,24). The normalized spacial score (nSPS) is 10.8. The third-order valence-electron chi connectivity index (χ3n) is 4.25. The van der Waals surface area contributed by atoms with Crippen LogP contribution in [-0.2, 0) is 12.8 Å². The molecule has 0 spiro atoms. The first-order chi connectivity index (χ1) is 12.4. The molecule has 0 saturated heterocycles. The Bertz CT molecular complexity index is 775. The first kappa shape index (κ1) is 19.7. The van der Waals surface area contributed by atoms with E-state index in [4.69, 9.17) is 11.5 Å². The van der Waals surface area contributed by atoms with Crippen molar-refractivity contribution in [3.63, 3.8) is 0 Å². The van der Waals surface area contributed by atoms with E-state index in [1.165, 1.54) is 0 Å². The van der Waals surface area contributed by atoms with Crippen molar-refractivity contribution in [3.05, 3.63) is 41.2 Å². The molecule has 7 heteroatoms. The van der Waals surface area contributed by atoms with E-state index in [-0.39, 0.29) is 11.7 Å². The predicted octanol–water partition coefficient (Wildman–Crippen LogP) is 2.23. The van der Waals surface area contributed by atoms with E-state index in [2.05, 4.69) is 29.1 Å². The topological polar surface area (TPSA) is 110 Å². The number of hydrogen-bond donors (Lipinski definition) is 3. The second-order valence-corrected chi connectivity index (χ2v) is 6.48. The highest BCUT2D eigenvalue weighted by atomic mass is 16.1. The maximum Gasteiger partial charge on any atom is 0.271 e. The first-order valence-electron chi connectivity index (χ1n) is 8.86. The van der Waals surface area contributed by atoms with Crippen LogP contribution < -0.4 is 21.7 Å².